The van der Waals surface area contributed by atoms with Crippen molar-refractivity contribution in [3.8, 4) is 5.88 Å². The first-order valence-electron chi connectivity index (χ1n) is 10.2. The Morgan fingerprint density at radius 1 is 1.30 bits per heavy atom. The van der Waals surface area contributed by atoms with Gasteiger partial charge in [-0.25, -0.2) is 9.78 Å². The Kier molecular flexibility index (Phi) is 7.25. The molecule has 12 heteroatoms. The Hall–Kier alpha value is -3.15. The molecular formula is C21H24F3N3O6. The summed E-state index contributed by atoms with van der Waals surface area (Å²) in [5, 5.41) is 11.0. The highest BCUT2D eigenvalue weighted by Crippen LogP contribution is 2.42. The number of hydrogen-bond donors (Lipinski definition) is 1. The van der Waals surface area contributed by atoms with E-state index in [2.05, 4.69) is 10.1 Å². The molecule has 0 bridgehead atoms. The number of aliphatic carboxylic acids is 1. The molecule has 9 nitrogen and oxygen atoms in total. The van der Waals surface area contributed by atoms with Crippen molar-refractivity contribution >= 4 is 11.9 Å². The van der Waals surface area contributed by atoms with E-state index in [1.165, 1.54) is 0 Å². The van der Waals surface area contributed by atoms with E-state index < -0.39 is 12.1 Å². The lowest BCUT2D eigenvalue weighted by molar-refractivity contribution is -0.192. The molecule has 1 amide bonds. The van der Waals surface area contributed by atoms with E-state index in [1.807, 2.05) is 23.1 Å². The van der Waals surface area contributed by atoms with Gasteiger partial charge in [-0.3, -0.25) is 4.79 Å². The lowest BCUT2D eigenvalue weighted by atomic mass is 9.79. The van der Waals surface area contributed by atoms with Crippen molar-refractivity contribution in [3.63, 3.8) is 0 Å². The molecule has 2 aromatic rings. The zero-order valence-corrected chi connectivity index (χ0v) is 18.1. The minimum absolute atomic E-state index is 0.0224. The summed E-state index contributed by atoms with van der Waals surface area (Å²) in [4.78, 5) is 27.6. The summed E-state index contributed by atoms with van der Waals surface area (Å²) in [7, 11) is 0. The Morgan fingerprint density at radius 2 is 2.00 bits per heavy atom. The lowest BCUT2D eigenvalue weighted by Crippen LogP contribution is -2.66. The molecular weight excluding hydrogens is 447 g/mol. The van der Waals surface area contributed by atoms with Crippen LogP contribution < -0.4 is 4.74 Å². The van der Waals surface area contributed by atoms with Crippen LogP contribution in [-0.2, 0) is 9.53 Å². The second-order valence-corrected chi connectivity index (χ2v) is 7.87. The van der Waals surface area contributed by atoms with Crippen LogP contribution in [0.4, 0.5) is 13.2 Å². The minimum Gasteiger partial charge on any atom is -0.478 e. The molecule has 0 radical (unpaired) electrons. The van der Waals surface area contributed by atoms with Crippen LogP contribution in [-0.4, -0.2) is 70.1 Å². The topological polar surface area (TPSA) is 115 Å². The Labute approximate surface area is 187 Å². The third-order valence-electron chi connectivity index (χ3n) is 5.65. The Balaban J connectivity index is 0.000000383. The van der Waals surface area contributed by atoms with E-state index in [0.717, 1.165) is 19.4 Å². The fourth-order valence-corrected chi connectivity index (χ4v) is 3.97. The average molecular weight is 471 g/mol. The normalized spacial score (nSPS) is 18.9. The maximum atomic E-state index is 12.7. The van der Waals surface area contributed by atoms with E-state index in [0.29, 0.717) is 48.5 Å². The number of pyridine rings is 1. The molecule has 180 valence electrons. The number of ether oxygens (including phenoxy) is 2. The van der Waals surface area contributed by atoms with E-state index in [-0.39, 0.29) is 11.5 Å². The van der Waals surface area contributed by atoms with Crippen LogP contribution in [0.25, 0.3) is 0 Å². The Morgan fingerprint density at radius 3 is 2.55 bits per heavy atom. The van der Waals surface area contributed by atoms with Crippen LogP contribution in [0.1, 0.15) is 34.7 Å². The molecule has 0 aromatic carbocycles. The van der Waals surface area contributed by atoms with Gasteiger partial charge in [0.15, 0.2) is 0 Å². The standard InChI is InChI=1S/C19H23N3O4.C2HF3O2/c1-13-17(14(2)26-21-13)18(23)22-11-19(12-22)15(7-10-25-19)6-9-24-16-5-3-4-8-20-16;3-2(4,5)1(6)7/h3-5,8,15H,6-7,9-12H2,1-2H3;(H,6,7). The molecule has 2 saturated heterocycles. The number of aryl methyl sites for hydroxylation is 2. The van der Waals surface area contributed by atoms with Crippen molar-refractivity contribution < 1.29 is 41.9 Å². The number of carbonyl (C=O) groups excluding carboxylic acids is 1. The summed E-state index contributed by atoms with van der Waals surface area (Å²) < 4.78 is 48.6. The predicted molar refractivity (Wildman–Crippen MR) is 107 cm³/mol. The lowest BCUT2D eigenvalue weighted by Gasteiger charge is -2.50. The largest absolute Gasteiger partial charge is 0.490 e. The van der Waals surface area contributed by atoms with Gasteiger partial charge >= 0.3 is 12.1 Å². The molecule has 4 rings (SSSR count). The summed E-state index contributed by atoms with van der Waals surface area (Å²) >= 11 is 0. The number of amides is 1. The monoisotopic (exact) mass is 471 g/mol. The van der Waals surface area contributed by atoms with Crippen molar-refractivity contribution in [1.82, 2.24) is 15.0 Å². The third-order valence-corrected chi connectivity index (χ3v) is 5.65. The van der Waals surface area contributed by atoms with Crippen molar-refractivity contribution in [2.45, 2.75) is 38.5 Å². The van der Waals surface area contributed by atoms with Crippen LogP contribution in [0.15, 0.2) is 28.9 Å². The summed E-state index contributed by atoms with van der Waals surface area (Å²) in [5.74, 6) is -1.18. The van der Waals surface area contributed by atoms with Gasteiger partial charge in [0.2, 0.25) is 5.88 Å². The number of carbonyl (C=O) groups is 2. The van der Waals surface area contributed by atoms with E-state index >= 15 is 0 Å². The average Bonchev–Trinajstić information content (AvgIpc) is 3.30. The molecule has 1 spiro atoms. The molecule has 2 aliphatic heterocycles. The van der Waals surface area contributed by atoms with Gasteiger partial charge in [-0.2, -0.15) is 13.2 Å². The molecule has 0 saturated carbocycles. The molecule has 33 heavy (non-hydrogen) atoms. The molecule has 0 aliphatic carbocycles. The highest BCUT2D eigenvalue weighted by molar-refractivity contribution is 5.96. The number of hydrogen-bond acceptors (Lipinski definition) is 7. The van der Waals surface area contributed by atoms with Gasteiger partial charge in [0.05, 0.1) is 25.4 Å². The first-order chi connectivity index (χ1) is 15.5. The number of carboxylic acids is 1. The molecule has 2 aromatic heterocycles. The van der Waals surface area contributed by atoms with Gasteiger partial charge in [0.25, 0.3) is 5.91 Å². The zero-order valence-electron chi connectivity index (χ0n) is 18.1. The number of aromatic nitrogens is 2. The predicted octanol–water partition coefficient (Wildman–Crippen LogP) is 3.02. The minimum atomic E-state index is -5.08. The number of carboxylic acid groups (broad SMARTS) is 1. The smallest absolute Gasteiger partial charge is 0.478 e. The van der Waals surface area contributed by atoms with Crippen LogP contribution in [0.2, 0.25) is 0 Å². The number of halogens is 3. The van der Waals surface area contributed by atoms with Gasteiger partial charge in [0.1, 0.15) is 16.9 Å². The van der Waals surface area contributed by atoms with Crippen molar-refractivity contribution in [1.29, 1.82) is 0 Å². The maximum Gasteiger partial charge on any atom is 0.490 e. The molecule has 1 N–H and O–H groups in total. The van der Waals surface area contributed by atoms with Crippen LogP contribution in [0.3, 0.4) is 0 Å². The van der Waals surface area contributed by atoms with E-state index in [4.69, 9.17) is 23.9 Å². The highest BCUT2D eigenvalue weighted by Gasteiger charge is 2.54. The van der Waals surface area contributed by atoms with E-state index in [1.54, 1.807) is 20.0 Å². The van der Waals surface area contributed by atoms with Gasteiger partial charge in [-0.15, -0.1) is 0 Å². The number of nitrogens with zero attached hydrogens (tertiary/aromatic N) is 3. The summed E-state index contributed by atoms with van der Waals surface area (Å²) in [5.41, 5.74) is 0.983. The van der Waals surface area contributed by atoms with E-state index in [9.17, 15) is 18.0 Å². The molecule has 1 unspecified atom stereocenters. The van der Waals surface area contributed by atoms with Gasteiger partial charge in [0, 0.05) is 18.9 Å². The number of likely N-dealkylation sites (tertiary alicyclic amines) is 1. The van der Waals surface area contributed by atoms with Gasteiger partial charge in [-0.05, 0) is 38.7 Å². The van der Waals surface area contributed by atoms with Crippen LogP contribution in [0.5, 0.6) is 5.88 Å². The number of alkyl halides is 3. The number of rotatable bonds is 5. The second kappa shape index (κ2) is 9.77. The quantitative estimate of drug-likeness (QED) is 0.708. The van der Waals surface area contributed by atoms with Crippen LogP contribution >= 0.6 is 0 Å². The fraction of sp³-hybridized carbons (Fsp3) is 0.524. The first kappa shape index (κ1) is 24.5. The van der Waals surface area contributed by atoms with Gasteiger partial charge in [-0.1, -0.05) is 11.2 Å². The SMILES string of the molecule is Cc1noc(C)c1C(=O)N1CC2(C1)OCCC2CCOc1ccccn1.O=C(O)C(F)(F)F. The molecule has 2 fully saturated rings. The van der Waals surface area contributed by atoms with Crippen molar-refractivity contribution in [2.75, 3.05) is 26.3 Å². The Bertz CT molecular complexity index is 954. The molecule has 1 atom stereocenters. The zero-order chi connectivity index (χ0) is 24.2. The summed E-state index contributed by atoms with van der Waals surface area (Å²) in [6, 6.07) is 5.63. The van der Waals surface area contributed by atoms with Crippen molar-refractivity contribution in [2.24, 2.45) is 5.92 Å². The van der Waals surface area contributed by atoms with Crippen LogP contribution in [0, 0.1) is 19.8 Å². The third kappa shape index (κ3) is 5.62. The molecule has 2 aliphatic rings. The summed E-state index contributed by atoms with van der Waals surface area (Å²) in [6.07, 6.45) is -1.47. The first-order valence-corrected chi connectivity index (χ1v) is 10.2. The highest BCUT2D eigenvalue weighted by atomic mass is 19.4. The van der Waals surface area contributed by atoms with Crippen molar-refractivity contribution in [3.05, 3.63) is 41.4 Å². The molecule has 4 heterocycles. The maximum absolute atomic E-state index is 12.7. The second-order valence-electron chi connectivity index (χ2n) is 7.87. The summed E-state index contributed by atoms with van der Waals surface area (Å²) in [6.45, 7) is 6.14. The fourth-order valence-electron chi connectivity index (χ4n) is 3.97. The van der Waals surface area contributed by atoms with Gasteiger partial charge < -0.3 is 24.0 Å².